The van der Waals surface area contributed by atoms with Gasteiger partial charge in [0.25, 0.3) is 5.91 Å². The number of halogens is 2. The number of benzene rings is 2. The molecule has 1 fully saturated rings. The summed E-state index contributed by atoms with van der Waals surface area (Å²) in [6, 6.07) is 10.3. The molecule has 2 aromatic rings. The summed E-state index contributed by atoms with van der Waals surface area (Å²) in [5.41, 5.74) is 0.718. The molecular weight excluding hydrogens is 451 g/mol. The van der Waals surface area contributed by atoms with Gasteiger partial charge in [-0.2, -0.15) is 4.31 Å². The Labute approximate surface area is 172 Å². The molecule has 0 saturated carbocycles. The van der Waals surface area contributed by atoms with Gasteiger partial charge >= 0.3 is 0 Å². The Morgan fingerprint density at radius 3 is 2.46 bits per heavy atom. The van der Waals surface area contributed by atoms with Gasteiger partial charge in [0.1, 0.15) is 5.82 Å². The Hall–Kier alpha value is -1.81. The fraction of sp³-hybridized carbons (Fsp3) is 0.316. The first-order chi connectivity index (χ1) is 13.3. The van der Waals surface area contributed by atoms with E-state index in [1.54, 1.807) is 19.2 Å². The molecule has 0 N–H and O–H groups in total. The van der Waals surface area contributed by atoms with E-state index in [2.05, 4.69) is 15.9 Å². The molecule has 0 unspecified atom stereocenters. The minimum absolute atomic E-state index is 0.0952. The predicted molar refractivity (Wildman–Crippen MR) is 106 cm³/mol. The van der Waals surface area contributed by atoms with Crippen LogP contribution < -0.4 is 0 Å². The summed E-state index contributed by atoms with van der Waals surface area (Å²) in [5, 5.41) is 0. The van der Waals surface area contributed by atoms with Gasteiger partial charge in [0.15, 0.2) is 0 Å². The second-order valence-corrected chi connectivity index (χ2v) is 9.29. The lowest BCUT2D eigenvalue weighted by atomic mass is 10.1. The molecule has 28 heavy (non-hydrogen) atoms. The van der Waals surface area contributed by atoms with Crippen LogP contribution in [0.5, 0.6) is 0 Å². The van der Waals surface area contributed by atoms with Crippen molar-refractivity contribution < 1.29 is 22.3 Å². The Balaban J connectivity index is 1.73. The maximum Gasteiger partial charge on any atom is 0.253 e. The molecule has 6 nitrogen and oxygen atoms in total. The van der Waals surface area contributed by atoms with Crippen LogP contribution in [0.15, 0.2) is 51.8 Å². The van der Waals surface area contributed by atoms with Crippen LogP contribution in [0.3, 0.4) is 0 Å². The van der Waals surface area contributed by atoms with Crippen LogP contribution >= 0.6 is 15.9 Å². The van der Waals surface area contributed by atoms with E-state index < -0.39 is 15.8 Å². The fourth-order valence-corrected chi connectivity index (χ4v) is 4.73. The molecule has 1 aliphatic heterocycles. The van der Waals surface area contributed by atoms with E-state index >= 15 is 0 Å². The molecule has 0 aromatic heterocycles. The number of carbonyl (C=O) groups excluding carboxylic acids is 1. The quantitative estimate of drug-likeness (QED) is 0.673. The normalized spacial score (nSPS) is 15.4. The number of rotatable bonds is 5. The Morgan fingerprint density at radius 1 is 1.18 bits per heavy atom. The van der Waals surface area contributed by atoms with Crippen LogP contribution in [-0.2, 0) is 21.3 Å². The maximum absolute atomic E-state index is 13.9. The molecule has 150 valence electrons. The first-order valence-corrected chi connectivity index (χ1v) is 10.9. The molecular formula is C19H20BrFN2O4S. The fourth-order valence-electron chi connectivity index (χ4n) is 2.92. The summed E-state index contributed by atoms with van der Waals surface area (Å²) >= 11 is 3.29. The number of amides is 1. The lowest BCUT2D eigenvalue weighted by molar-refractivity contribution is 0.0730. The van der Waals surface area contributed by atoms with Gasteiger partial charge < -0.3 is 9.64 Å². The van der Waals surface area contributed by atoms with E-state index in [1.807, 2.05) is 0 Å². The third-order valence-electron chi connectivity index (χ3n) is 4.47. The largest absolute Gasteiger partial charge is 0.379 e. The highest BCUT2D eigenvalue weighted by atomic mass is 79.9. The number of nitrogens with zero attached hydrogens (tertiary/aromatic N) is 2. The number of morpholine rings is 1. The van der Waals surface area contributed by atoms with E-state index in [0.717, 1.165) is 4.47 Å². The number of hydrogen-bond acceptors (Lipinski definition) is 4. The van der Waals surface area contributed by atoms with Crippen molar-refractivity contribution in [2.75, 3.05) is 33.4 Å². The zero-order chi connectivity index (χ0) is 20.3. The number of ether oxygens (including phenoxy) is 1. The molecule has 1 amide bonds. The van der Waals surface area contributed by atoms with Crippen molar-refractivity contribution in [3.8, 4) is 0 Å². The van der Waals surface area contributed by atoms with Gasteiger partial charge in [0, 0.05) is 42.3 Å². The molecule has 1 saturated heterocycles. The van der Waals surface area contributed by atoms with Gasteiger partial charge in [0.05, 0.1) is 18.1 Å². The van der Waals surface area contributed by atoms with E-state index in [1.165, 1.54) is 39.5 Å². The summed E-state index contributed by atoms with van der Waals surface area (Å²) < 4.78 is 46.5. The van der Waals surface area contributed by atoms with Crippen molar-refractivity contribution in [1.82, 2.24) is 9.21 Å². The van der Waals surface area contributed by atoms with E-state index in [-0.39, 0.29) is 17.3 Å². The lowest BCUT2D eigenvalue weighted by Gasteiger charge is -2.26. The first-order valence-electron chi connectivity index (χ1n) is 8.66. The summed E-state index contributed by atoms with van der Waals surface area (Å²) in [5.74, 6) is -0.718. The van der Waals surface area contributed by atoms with Crippen molar-refractivity contribution in [2.24, 2.45) is 0 Å². The number of sulfonamides is 1. The Bertz CT molecular complexity index is 960. The van der Waals surface area contributed by atoms with Crippen LogP contribution in [0, 0.1) is 5.82 Å². The van der Waals surface area contributed by atoms with Gasteiger partial charge in [-0.25, -0.2) is 12.8 Å². The monoisotopic (exact) mass is 470 g/mol. The molecule has 3 rings (SSSR count). The van der Waals surface area contributed by atoms with Crippen LogP contribution in [0.2, 0.25) is 0 Å². The third kappa shape index (κ3) is 4.60. The SMILES string of the molecule is CN(Cc1cc(Br)ccc1F)C(=O)c1ccc(S(=O)(=O)N2CCOCC2)cc1. The summed E-state index contributed by atoms with van der Waals surface area (Å²) in [7, 11) is -2.04. The zero-order valence-electron chi connectivity index (χ0n) is 15.3. The molecule has 0 spiro atoms. The van der Waals surface area contributed by atoms with Crippen molar-refractivity contribution >= 4 is 31.9 Å². The van der Waals surface area contributed by atoms with Crippen LogP contribution in [0.25, 0.3) is 0 Å². The molecule has 0 aliphatic carbocycles. The van der Waals surface area contributed by atoms with Gasteiger partial charge in [-0.15, -0.1) is 0 Å². The molecule has 0 bridgehead atoms. The van der Waals surface area contributed by atoms with Crippen molar-refractivity contribution in [3.05, 3.63) is 63.9 Å². The highest BCUT2D eigenvalue weighted by Crippen LogP contribution is 2.20. The maximum atomic E-state index is 13.9. The number of carbonyl (C=O) groups is 1. The van der Waals surface area contributed by atoms with E-state index in [4.69, 9.17) is 4.74 Å². The molecule has 0 radical (unpaired) electrons. The number of hydrogen-bond donors (Lipinski definition) is 0. The summed E-state index contributed by atoms with van der Waals surface area (Å²) in [6.45, 7) is 1.45. The minimum Gasteiger partial charge on any atom is -0.379 e. The second-order valence-electron chi connectivity index (χ2n) is 6.44. The standard InChI is InChI=1S/C19H20BrFN2O4S/c1-22(13-15-12-16(20)4-7-18(15)21)19(24)14-2-5-17(6-3-14)28(25,26)23-8-10-27-11-9-23/h2-7,12H,8-11,13H2,1H3. The third-order valence-corrected chi connectivity index (χ3v) is 6.88. The molecule has 1 aliphatic rings. The predicted octanol–water partition coefficient (Wildman–Crippen LogP) is 2.88. The highest BCUT2D eigenvalue weighted by molar-refractivity contribution is 9.10. The zero-order valence-corrected chi connectivity index (χ0v) is 17.7. The smallest absolute Gasteiger partial charge is 0.253 e. The molecule has 0 atom stereocenters. The van der Waals surface area contributed by atoms with Gasteiger partial charge in [-0.1, -0.05) is 15.9 Å². The van der Waals surface area contributed by atoms with Crippen molar-refractivity contribution in [2.45, 2.75) is 11.4 Å². The Morgan fingerprint density at radius 2 is 1.82 bits per heavy atom. The Kier molecular flexibility index (Phi) is 6.49. The minimum atomic E-state index is -3.61. The van der Waals surface area contributed by atoms with Crippen LogP contribution in [-0.4, -0.2) is 56.9 Å². The van der Waals surface area contributed by atoms with Gasteiger partial charge in [-0.3, -0.25) is 4.79 Å². The van der Waals surface area contributed by atoms with E-state index in [0.29, 0.717) is 37.4 Å². The van der Waals surface area contributed by atoms with Gasteiger partial charge in [0.2, 0.25) is 10.0 Å². The summed E-state index contributed by atoms with van der Waals surface area (Å²) in [4.78, 5) is 14.1. The molecule has 2 aromatic carbocycles. The average molecular weight is 471 g/mol. The van der Waals surface area contributed by atoms with E-state index in [9.17, 15) is 17.6 Å². The summed E-state index contributed by atoms with van der Waals surface area (Å²) in [6.07, 6.45) is 0. The topological polar surface area (TPSA) is 66.9 Å². The average Bonchev–Trinajstić information content (AvgIpc) is 2.71. The highest BCUT2D eigenvalue weighted by Gasteiger charge is 2.26. The van der Waals surface area contributed by atoms with Crippen molar-refractivity contribution in [3.63, 3.8) is 0 Å². The van der Waals surface area contributed by atoms with Crippen molar-refractivity contribution in [1.29, 1.82) is 0 Å². The van der Waals surface area contributed by atoms with Crippen LogP contribution in [0.4, 0.5) is 4.39 Å². The molecule has 1 heterocycles. The molecule has 9 heteroatoms. The lowest BCUT2D eigenvalue weighted by Crippen LogP contribution is -2.40. The second kappa shape index (κ2) is 8.69. The van der Waals surface area contributed by atoms with Gasteiger partial charge in [-0.05, 0) is 42.5 Å². The first kappa shape index (κ1) is 20.9. The van der Waals surface area contributed by atoms with Crippen LogP contribution in [0.1, 0.15) is 15.9 Å².